The molecule has 1 aromatic carbocycles. The zero-order valence-electron chi connectivity index (χ0n) is 11.0. The van der Waals surface area contributed by atoms with Crippen molar-refractivity contribution in [2.75, 3.05) is 6.54 Å². The third-order valence-corrected chi connectivity index (χ3v) is 4.46. The van der Waals surface area contributed by atoms with Gasteiger partial charge in [0.2, 0.25) is 0 Å². The van der Waals surface area contributed by atoms with E-state index in [0.717, 1.165) is 23.8 Å². The topological polar surface area (TPSA) is 12.0 Å². The normalized spacial score (nSPS) is 12.7. The maximum atomic E-state index is 14.0. The van der Waals surface area contributed by atoms with Gasteiger partial charge in [0.15, 0.2) is 11.6 Å². The molecule has 0 spiro atoms. The Bertz CT molecular complexity index is 645. The van der Waals surface area contributed by atoms with Gasteiger partial charge in [-0.1, -0.05) is 30.1 Å². The first-order chi connectivity index (χ1) is 9.93. The summed E-state index contributed by atoms with van der Waals surface area (Å²) in [4.78, 5) is 0. The number of thiophene rings is 1. The molecule has 1 aromatic heterocycles. The van der Waals surface area contributed by atoms with Crippen LogP contribution < -0.4 is 5.32 Å². The molecule has 0 fully saturated rings. The molecule has 0 aliphatic carbocycles. The lowest BCUT2D eigenvalue weighted by Gasteiger charge is -2.19. The van der Waals surface area contributed by atoms with Gasteiger partial charge in [0.1, 0.15) is 5.82 Å². The molecule has 0 saturated carbocycles. The molecule has 21 heavy (non-hydrogen) atoms. The molecule has 1 unspecified atom stereocenters. The van der Waals surface area contributed by atoms with Gasteiger partial charge in [0.25, 0.3) is 0 Å². The molecule has 0 radical (unpaired) electrons. The number of hydrogen-bond acceptors (Lipinski definition) is 2. The number of nitrogens with one attached hydrogen (secondary N) is 1. The number of benzene rings is 1. The maximum Gasteiger partial charge on any atom is 0.161 e. The first-order valence-electron chi connectivity index (χ1n) is 6.26. The third kappa shape index (κ3) is 3.72. The van der Waals surface area contributed by atoms with E-state index in [9.17, 15) is 13.2 Å². The van der Waals surface area contributed by atoms with Crippen LogP contribution in [0.2, 0.25) is 8.67 Å². The predicted octanol–water partition coefficient (Wildman–Crippen LogP) is 5.56. The molecule has 114 valence electrons. The second-order valence-corrected chi connectivity index (χ2v) is 6.74. The lowest BCUT2D eigenvalue weighted by atomic mass is 10.00. The van der Waals surface area contributed by atoms with Crippen LogP contribution in [0, 0.1) is 17.5 Å². The van der Waals surface area contributed by atoms with Crippen molar-refractivity contribution in [2.45, 2.75) is 19.4 Å². The Balaban J connectivity index is 2.50. The van der Waals surface area contributed by atoms with E-state index in [2.05, 4.69) is 5.32 Å². The minimum absolute atomic E-state index is 0.00119. The van der Waals surface area contributed by atoms with Crippen molar-refractivity contribution in [3.8, 4) is 0 Å². The van der Waals surface area contributed by atoms with Crippen molar-refractivity contribution >= 4 is 34.5 Å². The molecule has 1 atom stereocenters. The zero-order valence-corrected chi connectivity index (χ0v) is 13.4. The van der Waals surface area contributed by atoms with Crippen LogP contribution in [0.1, 0.15) is 30.5 Å². The minimum Gasteiger partial charge on any atom is -0.306 e. The fraction of sp³-hybridized carbons (Fsp3) is 0.286. The van der Waals surface area contributed by atoms with Crippen LogP contribution in [0.4, 0.5) is 13.2 Å². The smallest absolute Gasteiger partial charge is 0.161 e. The standard InChI is InChI=1S/C14H12Cl2F3NS/c1-2-3-20-13(8-5-12(15)21-14(8)16)7-4-10(18)11(19)6-9(7)17/h4-6,13,20H,2-3H2,1H3. The van der Waals surface area contributed by atoms with Gasteiger partial charge in [-0.05, 0) is 25.1 Å². The van der Waals surface area contributed by atoms with E-state index in [0.29, 0.717) is 26.8 Å². The quantitative estimate of drug-likeness (QED) is 0.693. The van der Waals surface area contributed by atoms with Gasteiger partial charge in [-0.2, -0.15) is 0 Å². The average Bonchev–Trinajstić information content (AvgIpc) is 2.75. The summed E-state index contributed by atoms with van der Waals surface area (Å²) >= 11 is 13.1. The van der Waals surface area contributed by atoms with Crippen molar-refractivity contribution in [3.63, 3.8) is 0 Å². The largest absolute Gasteiger partial charge is 0.306 e. The summed E-state index contributed by atoms with van der Waals surface area (Å²) in [5, 5.41) is 3.08. The Morgan fingerprint density at radius 1 is 1.05 bits per heavy atom. The highest BCUT2D eigenvalue weighted by Crippen LogP contribution is 2.38. The zero-order chi connectivity index (χ0) is 15.6. The van der Waals surface area contributed by atoms with E-state index in [1.165, 1.54) is 0 Å². The first-order valence-corrected chi connectivity index (χ1v) is 7.83. The van der Waals surface area contributed by atoms with Crippen molar-refractivity contribution in [1.82, 2.24) is 5.32 Å². The highest BCUT2D eigenvalue weighted by molar-refractivity contribution is 7.20. The molecule has 7 heteroatoms. The Kier molecular flexibility index (Phi) is 5.54. The summed E-state index contributed by atoms with van der Waals surface area (Å²) in [7, 11) is 0. The van der Waals surface area contributed by atoms with E-state index >= 15 is 0 Å². The highest BCUT2D eigenvalue weighted by Gasteiger charge is 2.23. The summed E-state index contributed by atoms with van der Waals surface area (Å²) in [6, 6.07) is 2.30. The maximum absolute atomic E-state index is 14.0. The lowest BCUT2D eigenvalue weighted by molar-refractivity contribution is 0.479. The third-order valence-electron chi connectivity index (χ3n) is 2.94. The molecule has 2 aromatic rings. The van der Waals surface area contributed by atoms with Crippen molar-refractivity contribution in [3.05, 3.63) is 55.5 Å². The van der Waals surface area contributed by atoms with Crippen LogP contribution in [0.3, 0.4) is 0 Å². The van der Waals surface area contributed by atoms with Gasteiger partial charge in [-0.3, -0.25) is 0 Å². The van der Waals surface area contributed by atoms with Crippen LogP contribution in [0.5, 0.6) is 0 Å². The lowest BCUT2D eigenvalue weighted by Crippen LogP contribution is -2.24. The van der Waals surface area contributed by atoms with Crippen molar-refractivity contribution in [1.29, 1.82) is 0 Å². The van der Waals surface area contributed by atoms with E-state index in [1.54, 1.807) is 6.07 Å². The number of halogens is 5. The molecular weight excluding hydrogens is 342 g/mol. The molecule has 1 nitrogen and oxygen atoms in total. The summed E-state index contributed by atoms with van der Waals surface area (Å²) in [5.74, 6) is -3.16. The molecule has 0 aliphatic heterocycles. The Hall–Kier alpha value is -0.750. The van der Waals surface area contributed by atoms with Gasteiger partial charge >= 0.3 is 0 Å². The summed E-state index contributed by atoms with van der Waals surface area (Å²) in [5.41, 5.74) is 0.545. The minimum atomic E-state index is -1.22. The van der Waals surface area contributed by atoms with Gasteiger partial charge in [0, 0.05) is 17.2 Å². The molecule has 0 amide bonds. The van der Waals surface area contributed by atoms with E-state index in [1.807, 2.05) is 6.92 Å². The predicted molar refractivity (Wildman–Crippen MR) is 80.8 cm³/mol. The Morgan fingerprint density at radius 2 is 1.71 bits per heavy atom. The van der Waals surface area contributed by atoms with E-state index in [-0.39, 0.29) is 5.56 Å². The SMILES string of the molecule is CCCNC(c1cc(F)c(F)cc1F)c1cc(Cl)sc1Cl. The van der Waals surface area contributed by atoms with Crippen LogP contribution in [0.25, 0.3) is 0 Å². The number of hydrogen-bond donors (Lipinski definition) is 1. The van der Waals surface area contributed by atoms with Gasteiger partial charge in [-0.15, -0.1) is 11.3 Å². The second-order valence-electron chi connectivity index (χ2n) is 4.45. The summed E-state index contributed by atoms with van der Waals surface area (Å²) < 4.78 is 41.4. The average molecular weight is 354 g/mol. The molecule has 0 bridgehead atoms. The van der Waals surface area contributed by atoms with Crippen LogP contribution in [-0.2, 0) is 0 Å². The Labute approximate surface area is 134 Å². The van der Waals surface area contributed by atoms with E-state index < -0.39 is 23.5 Å². The van der Waals surface area contributed by atoms with Gasteiger partial charge in [0.05, 0.1) is 14.7 Å². The highest BCUT2D eigenvalue weighted by atomic mass is 35.5. The fourth-order valence-corrected chi connectivity index (χ4v) is 3.52. The van der Waals surface area contributed by atoms with Crippen molar-refractivity contribution < 1.29 is 13.2 Å². The van der Waals surface area contributed by atoms with Crippen LogP contribution >= 0.6 is 34.5 Å². The molecule has 1 heterocycles. The van der Waals surface area contributed by atoms with Crippen LogP contribution in [0.15, 0.2) is 18.2 Å². The molecule has 1 N–H and O–H groups in total. The fourth-order valence-electron chi connectivity index (χ4n) is 1.99. The van der Waals surface area contributed by atoms with Gasteiger partial charge in [-0.25, -0.2) is 13.2 Å². The summed E-state index contributed by atoms with van der Waals surface area (Å²) in [6.07, 6.45) is 0.789. The van der Waals surface area contributed by atoms with E-state index in [4.69, 9.17) is 23.2 Å². The molecular formula is C14H12Cl2F3NS. The molecule has 2 rings (SSSR count). The summed E-state index contributed by atoms with van der Waals surface area (Å²) in [6.45, 7) is 2.50. The van der Waals surface area contributed by atoms with Crippen molar-refractivity contribution in [2.24, 2.45) is 0 Å². The second kappa shape index (κ2) is 7.01. The Morgan fingerprint density at radius 3 is 2.29 bits per heavy atom. The monoisotopic (exact) mass is 353 g/mol. The number of rotatable bonds is 5. The molecule has 0 aliphatic rings. The van der Waals surface area contributed by atoms with Crippen LogP contribution in [-0.4, -0.2) is 6.54 Å². The first kappa shape index (κ1) is 16.6. The van der Waals surface area contributed by atoms with Gasteiger partial charge < -0.3 is 5.32 Å². The molecule has 0 saturated heterocycles.